The van der Waals surface area contributed by atoms with E-state index in [4.69, 9.17) is 5.73 Å². The smallest absolute Gasteiger partial charge is 0.329 e. The monoisotopic (exact) mass is 299 g/mol. The van der Waals surface area contributed by atoms with E-state index in [2.05, 4.69) is 10.2 Å². The Bertz CT molecular complexity index is 567. The van der Waals surface area contributed by atoms with Crippen molar-refractivity contribution in [1.82, 2.24) is 19.1 Å². The molecule has 0 atom stereocenters. The lowest BCUT2D eigenvalue weighted by atomic mass is 10.4. The number of nitrogens with zero attached hydrogens (tertiary/aromatic N) is 4. The van der Waals surface area contributed by atoms with Gasteiger partial charge in [-0.25, -0.2) is 8.42 Å². The first-order valence-electron chi connectivity index (χ1n) is 5.43. The number of hydrogen-bond acceptors (Lipinski definition) is 5. The van der Waals surface area contributed by atoms with Crippen molar-refractivity contribution >= 4 is 10.0 Å². The Balaban J connectivity index is 2.25. The van der Waals surface area contributed by atoms with Gasteiger partial charge in [-0.3, -0.25) is 0 Å². The molecule has 0 aromatic carbocycles. The molecule has 19 heavy (non-hydrogen) atoms. The number of hydrogen-bond donors (Lipinski definition) is 1. The molecule has 0 saturated heterocycles. The first-order chi connectivity index (χ1) is 8.75. The Labute approximate surface area is 107 Å². The van der Waals surface area contributed by atoms with E-state index in [9.17, 15) is 21.6 Å². The van der Waals surface area contributed by atoms with Crippen LogP contribution >= 0.6 is 0 Å². The molecule has 0 unspecified atom stereocenters. The van der Waals surface area contributed by atoms with E-state index in [0.717, 1.165) is 8.87 Å². The molecule has 2 N–H and O–H groups in total. The van der Waals surface area contributed by atoms with Crippen LogP contribution in [0.4, 0.5) is 13.2 Å². The second-order valence-electron chi connectivity index (χ2n) is 4.03. The molecule has 11 heteroatoms. The molecule has 0 spiro atoms. The van der Waals surface area contributed by atoms with E-state index >= 15 is 0 Å². The van der Waals surface area contributed by atoms with Crippen LogP contribution < -0.4 is 5.73 Å². The SMILES string of the molecule is NCCS(=O)(=O)N1CCn2c(nnc2C(F)(F)F)C1. The zero-order valence-corrected chi connectivity index (χ0v) is 10.6. The third-order valence-corrected chi connectivity index (χ3v) is 4.59. The molecular weight excluding hydrogens is 287 g/mol. The Kier molecular flexibility index (Phi) is 3.53. The lowest BCUT2D eigenvalue weighted by Gasteiger charge is -2.27. The summed E-state index contributed by atoms with van der Waals surface area (Å²) in [5.74, 6) is -1.36. The molecule has 0 radical (unpaired) electrons. The van der Waals surface area contributed by atoms with Gasteiger partial charge in [-0.15, -0.1) is 10.2 Å². The van der Waals surface area contributed by atoms with Gasteiger partial charge in [0, 0.05) is 19.6 Å². The van der Waals surface area contributed by atoms with E-state index in [-0.39, 0.29) is 37.8 Å². The molecular formula is C8H12F3N5O2S. The Morgan fingerprint density at radius 2 is 1.95 bits per heavy atom. The van der Waals surface area contributed by atoms with E-state index < -0.39 is 22.0 Å². The number of alkyl halides is 3. The average Bonchev–Trinajstić information content (AvgIpc) is 2.70. The predicted molar refractivity (Wildman–Crippen MR) is 58.3 cm³/mol. The number of nitrogens with two attached hydrogens (primary N) is 1. The van der Waals surface area contributed by atoms with Crippen LogP contribution in [0.2, 0.25) is 0 Å². The number of fused-ring (bicyclic) bond motifs is 1. The molecule has 0 fully saturated rings. The second-order valence-corrected chi connectivity index (χ2v) is 6.12. The standard InChI is InChI=1S/C8H12F3N5O2S/c9-8(10,11)7-14-13-6-5-15(2-3-16(6)7)19(17,18)4-1-12/h1-5,12H2. The van der Waals surface area contributed by atoms with E-state index in [1.54, 1.807) is 0 Å². The molecule has 0 amide bonds. The van der Waals surface area contributed by atoms with Gasteiger partial charge < -0.3 is 10.3 Å². The maximum absolute atomic E-state index is 12.6. The zero-order valence-electron chi connectivity index (χ0n) is 9.76. The minimum atomic E-state index is -4.59. The lowest BCUT2D eigenvalue weighted by molar-refractivity contribution is -0.147. The van der Waals surface area contributed by atoms with Crippen LogP contribution in [0.1, 0.15) is 11.6 Å². The molecule has 7 nitrogen and oxygen atoms in total. The summed E-state index contributed by atoms with van der Waals surface area (Å²) >= 11 is 0. The fourth-order valence-electron chi connectivity index (χ4n) is 1.86. The van der Waals surface area contributed by atoms with Gasteiger partial charge in [-0.1, -0.05) is 0 Å². The average molecular weight is 299 g/mol. The van der Waals surface area contributed by atoms with Crippen molar-refractivity contribution in [2.24, 2.45) is 5.73 Å². The van der Waals surface area contributed by atoms with Crippen LogP contribution in [0.5, 0.6) is 0 Å². The van der Waals surface area contributed by atoms with Crippen LogP contribution in [0.3, 0.4) is 0 Å². The molecule has 2 heterocycles. The van der Waals surface area contributed by atoms with Crippen LogP contribution in [0, 0.1) is 0 Å². The first-order valence-corrected chi connectivity index (χ1v) is 7.04. The Morgan fingerprint density at radius 1 is 1.26 bits per heavy atom. The normalized spacial score (nSPS) is 17.5. The molecule has 1 aromatic heterocycles. The van der Waals surface area contributed by atoms with Crippen molar-refractivity contribution in [1.29, 1.82) is 0 Å². The van der Waals surface area contributed by atoms with Crippen molar-refractivity contribution in [2.75, 3.05) is 18.8 Å². The molecule has 0 bridgehead atoms. The molecule has 0 saturated carbocycles. The lowest BCUT2D eigenvalue weighted by Crippen LogP contribution is -2.41. The topological polar surface area (TPSA) is 94.1 Å². The Hall–Kier alpha value is -1.20. The van der Waals surface area contributed by atoms with Crippen molar-refractivity contribution in [3.05, 3.63) is 11.6 Å². The highest BCUT2D eigenvalue weighted by Gasteiger charge is 2.40. The van der Waals surface area contributed by atoms with E-state index in [1.807, 2.05) is 0 Å². The number of rotatable bonds is 3. The number of aromatic nitrogens is 3. The highest BCUT2D eigenvalue weighted by molar-refractivity contribution is 7.89. The van der Waals surface area contributed by atoms with Gasteiger partial charge in [-0.2, -0.15) is 17.5 Å². The summed E-state index contributed by atoms with van der Waals surface area (Å²) in [6.07, 6.45) is -4.59. The summed E-state index contributed by atoms with van der Waals surface area (Å²) in [4.78, 5) is 0. The first kappa shape index (κ1) is 14.2. The minimum Gasteiger partial charge on any atom is -0.329 e. The van der Waals surface area contributed by atoms with Crippen molar-refractivity contribution in [2.45, 2.75) is 19.3 Å². The van der Waals surface area contributed by atoms with Gasteiger partial charge >= 0.3 is 6.18 Å². The summed E-state index contributed by atoms with van der Waals surface area (Å²) in [6.45, 7) is -0.428. The quantitative estimate of drug-likeness (QED) is 0.804. The van der Waals surface area contributed by atoms with Gasteiger partial charge in [0.25, 0.3) is 0 Å². The number of halogens is 3. The van der Waals surface area contributed by atoms with Crippen molar-refractivity contribution in [3.8, 4) is 0 Å². The van der Waals surface area contributed by atoms with Gasteiger partial charge in [0.05, 0.1) is 12.3 Å². The summed E-state index contributed by atoms with van der Waals surface area (Å²) in [5.41, 5.74) is 5.19. The highest BCUT2D eigenvalue weighted by Crippen LogP contribution is 2.29. The summed E-state index contributed by atoms with van der Waals surface area (Å²) in [5, 5.41) is 6.48. The molecule has 1 aliphatic rings. The van der Waals surface area contributed by atoms with Crippen LogP contribution in [0.25, 0.3) is 0 Å². The van der Waals surface area contributed by atoms with Crippen molar-refractivity contribution < 1.29 is 21.6 Å². The fraction of sp³-hybridized carbons (Fsp3) is 0.750. The molecule has 0 aliphatic carbocycles. The molecule has 1 aliphatic heterocycles. The number of sulfonamides is 1. The molecule has 1 aromatic rings. The molecule has 2 rings (SSSR count). The maximum Gasteiger partial charge on any atom is 0.451 e. The zero-order chi connectivity index (χ0) is 14.3. The van der Waals surface area contributed by atoms with Crippen LogP contribution in [0.15, 0.2) is 0 Å². The maximum atomic E-state index is 12.6. The summed E-state index contributed by atoms with van der Waals surface area (Å²) in [7, 11) is -3.56. The third kappa shape index (κ3) is 2.72. The minimum absolute atomic E-state index is 0.0147. The summed E-state index contributed by atoms with van der Waals surface area (Å²) < 4.78 is 63.3. The molecule has 108 valence electrons. The fourth-order valence-corrected chi connectivity index (χ4v) is 3.09. The van der Waals surface area contributed by atoms with Crippen molar-refractivity contribution in [3.63, 3.8) is 0 Å². The second kappa shape index (κ2) is 4.72. The summed E-state index contributed by atoms with van der Waals surface area (Å²) in [6, 6.07) is 0. The van der Waals surface area contributed by atoms with Gasteiger partial charge in [-0.05, 0) is 0 Å². The van der Waals surface area contributed by atoms with Crippen LogP contribution in [-0.2, 0) is 29.3 Å². The predicted octanol–water partition coefficient (Wildman–Crippen LogP) is -0.599. The third-order valence-electron chi connectivity index (χ3n) is 2.74. The highest BCUT2D eigenvalue weighted by atomic mass is 32.2. The van der Waals surface area contributed by atoms with E-state index in [1.165, 1.54) is 0 Å². The van der Waals surface area contributed by atoms with Gasteiger partial charge in [0.15, 0.2) is 0 Å². The van der Waals surface area contributed by atoms with Gasteiger partial charge in [0.1, 0.15) is 5.82 Å². The van der Waals surface area contributed by atoms with E-state index in [0.29, 0.717) is 0 Å². The Morgan fingerprint density at radius 3 is 2.53 bits per heavy atom. The van der Waals surface area contributed by atoms with Gasteiger partial charge in [0.2, 0.25) is 15.8 Å². The largest absolute Gasteiger partial charge is 0.451 e. The van der Waals surface area contributed by atoms with Crippen LogP contribution in [-0.4, -0.2) is 46.3 Å².